The molecule has 1 aliphatic heterocycles. The van der Waals surface area contributed by atoms with Gasteiger partial charge in [-0.1, -0.05) is 13.8 Å². The summed E-state index contributed by atoms with van der Waals surface area (Å²) in [4.78, 5) is 13.8. The van der Waals surface area contributed by atoms with Crippen molar-refractivity contribution in [2.24, 2.45) is 10.6 Å². The van der Waals surface area contributed by atoms with E-state index in [9.17, 15) is 17.6 Å². The molecule has 1 aliphatic rings. The van der Waals surface area contributed by atoms with E-state index < -0.39 is 15.8 Å². The van der Waals surface area contributed by atoms with Gasteiger partial charge in [0.15, 0.2) is 0 Å². The van der Waals surface area contributed by atoms with E-state index in [2.05, 4.69) is 13.8 Å². The van der Waals surface area contributed by atoms with Crippen LogP contribution in [0.1, 0.15) is 36.2 Å². The fourth-order valence-electron chi connectivity index (χ4n) is 2.63. The maximum absolute atomic E-state index is 13.6. The first-order valence-electron chi connectivity index (χ1n) is 6.63. The maximum atomic E-state index is 13.6. The van der Waals surface area contributed by atoms with Crippen molar-refractivity contribution in [2.75, 3.05) is 13.1 Å². The SMILES string of the molecule is Cc1c(C(=O)N2CCC(C)(C)C2)cc(F)cc1S(N)(=O)=O. The van der Waals surface area contributed by atoms with Crippen LogP contribution in [-0.2, 0) is 10.0 Å². The standard InChI is InChI=1S/C14H19FN2O3S/c1-9-11(6-10(15)7-12(9)21(16,19)20)13(18)17-5-4-14(2,3)8-17/h6-7H,4-5,8H2,1-3H3,(H2,16,19,20). The third kappa shape index (κ3) is 3.24. The number of sulfonamides is 1. The van der Waals surface area contributed by atoms with Gasteiger partial charge in [-0.15, -0.1) is 0 Å². The second kappa shape index (κ2) is 5.06. The highest BCUT2D eigenvalue weighted by molar-refractivity contribution is 7.89. The molecule has 0 radical (unpaired) electrons. The Labute approximate surface area is 124 Å². The van der Waals surface area contributed by atoms with Gasteiger partial charge in [-0.05, 0) is 36.5 Å². The fourth-order valence-corrected chi connectivity index (χ4v) is 3.44. The highest BCUT2D eigenvalue weighted by Crippen LogP contribution is 2.31. The van der Waals surface area contributed by atoms with Crippen LogP contribution in [-0.4, -0.2) is 32.3 Å². The predicted octanol–water partition coefficient (Wildman–Crippen LogP) is 1.65. The molecule has 1 aromatic carbocycles. The zero-order chi connectivity index (χ0) is 16.0. The molecule has 0 atom stereocenters. The number of rotatable bonds is 2. The Hall–Kier alpha value is -1.47. The van der Waals surface area contributed by atoms with Crippen LogP contribution in [0.15, 0.2) is 17.0 Å². The summed E-state index contributed by atoms with van der Waals surface area (Å²) in [5.41, 5.74) is 0.255. The number of nitrogens with zero attached hydrogens (tertiary/aromatic N) is 1. The van der Waals surface area contributed by atoms with Gasteiger partial charge < -0.3 is 4.90 Å². The van der Waals surface area contributed by atoms with E-state index >= 15 is 0 Å². The largest absolute Gasteiger partial charge is 0.338 e. The second-order valence-electron chi connectivity index (χ2n) is 6.26. The van der Waals surface area contributed by atoms with Crippen LogP contribution in [0, 0.1) is 18.2 Å². The van der Waals surface area contributed by atoms with Crippen LogP contribution >= 0.6 is 0 Å². The van der Waals surface area contributed by atoms with E-state index in [-0.39, 0.29) is 27.3 Å². The van der Waals surface area contributed by atoms with E-state index in [1.54, 1.807) is 4.90 Å². The molecule has 0 saturated carbocycles. The summed E-state index contributed by atoms with van der Waals surface area (Å²) in [6.07, 6.45) is 0.856. The molecule has 1 saturated heterocycles. The quantitative estimate of drug-likeness (QED) is 0.901. The lowest BCUT2D eigenvalue weighted by Crippen LogP contribution is -2.31. The van der Waals surface area contributed by atoms with Gasteiger partial charge >= 0.3 is 0 Å². The van der Waals surface area contributed by atoms with Crippen molar-refractivity contribution in [2.45, 2.75) is 32.1 Å². The lowest BCUT2D eigenvalue weighted by atomic mass is 9.93. The van der Waals surface area contributed by atoms with E-state index in [1.807, 2.05) is 0 Å². The van der Waals surface area contributed by atoms with Crippen LogP contribution in [0.4, 0.5) is 4.39 Å². The van der Waals surface area contributed by atoms with Gasteiger partial charge in [-0.3, -0.25) is 4.79 Å². The first-order valence-corrected chi connectivity index (χ1v) is 8.18. The van der Waals surface area contributed by atoms with Gasteiger partial charge in [-0.2, -0.15) is 0 Å². The monoisotopic (exact) mass is 314 g/mol. The first-order chi connectivity index (χ1) is 9.51. The summed E-state index contributed by atoms with van der Waals surface area (Å²) >= 11 is 0. The Balaban J connectivity index is 2.46. The third-order valence-corrected chi connectivity index (χ3v) is 4.86. The van der Waals surface area contributed by atoms with Gasteiger partial charge in [0.25, 0.3) is 5.91 Å². The lowest BCUT2D eigenvalue weighted by Gasteiger charge is -2.21. The number of nitrogens with two attached hydrogens (primary N) is 1. The molecule has 5 nitrogen and oxygen atoms in total. The van der Waals surface area contributed by atoms with Crippen molar-refractivity contribution in [1.82, 2.24) is 4.90 Å². The zero-order valence-electron chi connectivity index (χ0n) is 12.3. The van der Waals surface area contributed by atoms with Crippen LogP contribution in [0.5, 0.6) is 0 Å². The molecule has 21 heavy (non-hydrogen) atoms. The van der Waals surface area contributed by atoms with Gasteiger partial charge in [0, 0.05) is 18.7 Å². The molecule has 0 aromatic heterocycles. The molecule has 0 bridgehead atoms. The topological polar surface area (TPSA) is 80.5 Å². The molecule has 2 rings (SSSR count). The number of amides is 1. The molecular formula is C14H19FN2O3S. The van der Waals surface area contributed by atoms with E-state index in [0.717, 1.165) is 18.6 Å². The number of hydrogen-bond acceptors (Lipinski definition) is 3. The van der Waals surface area contributed by atoms with Gasteiger partial charge in [0.05, 0.1) is 4.90 Å². The van der Waals surface area contributed by atoms with Crippen molar-refractivity contribution >= 4 is 15.9 Å². The van der Waals surface area contributed by atoms with Crippen molar-refractivity contribution in [1.29, 1.82) is 0 Å². The molecule has 116 valence electrons. The molecule has 0 spiro atoms. The summed E-state index contributed by atoms with van der Waals surface area (Å²) in [6.45, 7) is 6.70. The normalized spacial score (nSPS) is 18.0. The molecule has 7 heteroatoms. The minimum absolute atomic E-state index is 0.0136. The number of carbonyl (C=O) groups is 1. The molecule has 2 N–H and O–H groups in total. The molecule has 1 aromatic rings. The average Bonchev–Trinajstić information content (AvgIpc) is 2.70. The summed E-state index contributed by atoms with van der Waals surface area (Å²) in [5, 5.41) is 5.07. The second-order valence-corrected chi connectivity index (χ2v) is 7.79. The third-order valence-electron chi connectivity index (χ3n) is 3.83. The molecule has 0 aliphatic carbocycles. The van der Waals surface area contributed by atoms with Crippen LogP contribution in [0.2, 0.25) is 0 Å². The first kappa shape index (κ1) is 15.9. The average molecular weight is 314 g/mol. The zero-order valence-corrected chi connectivity index (χ0v) is 13.1. The summed E-state index contributed by atoms with van der Waals surface area (Å²) in [7, 11) is -4.07. The van der Waals surface area contributed by atoms with Crippen molar-refractivity contribution in [3.8, 4) is 0 Å². The minimum Gasteiger partial charge on any atom is -0.338 e. The molecule has 1 fully saturated rings. The smallest absolute Gasteiger partial charge is 0.254 e. The Morgan fingerprint density at radius 1 is 1.38 bits per heavy atom. The molecule has 0 unspecified atom stereocenters. The van der Waals surface area contributed by atoms with Crippen LogP contribution in [0.25, 0.3) is 0 Å². The van der Waals surface area contributed by atoms with E-state index in [0.29, 0.717) is 13.1 Å². The number of halogens is 1. The summed E-state index contributed by atoms with van der Waals surface area (Å²) in [5.74, 6) is -1.14. The van der Waals surface area contributed by atoms with Crippen molar-refractivity contribution in [3.05, 3.63) is 29.1 Å². The Morgan fingerprint density at radius 3 is 2.48 bits per heavy atom. The summed E-state index contributed by atoms with van der Waals surface area (Å²) < 4.78 is 36.6. The summed E-state index contributed by atoms with van der Waals surface area (Å²) in [6, 6.07) is 1.91. The van der Waals surface area contributed by atoms with Crippen molar-refractivity contribution in [3.63, 3.8) is 0 Å². The minimum atomic E-state index is -4.07. The van der Waals surface area contributed by atoms with E-state index in [1.165, 1.54) is 6.92 Å². The number of likely N-dealkylation sites (tertiary alicyclic amines) is 1. The highest BCUT2D eigenvalue weighted by Gasteiger charge is 2.33. The lowest BCUT2D eigenvalue weighted by molar-refractivity contribution is 0.0776. The maximum Gasteiger partial charge on any atom is 0.254 e. The van der Waals surface area contributed by atoms with E-state index in [4.69, 9.17) is 5.14 Å². The molecule has 1 heterocycles. The number of benzene rings is 1. The van der Waals surface area contributed by atoms with Crippen LogP contribution < -0.4 is 5.14 Å². The fraction of sp³-hybridized carbons (Fsp3) is 0.500. The Bertz CT molecular complexity index is 698. The predicted molar refractivity (Wildman–Crippen MR) is 76.8 cm³/mol. The number of primary sulfonamides is 1. The Morgan fingerprint density at radius 2 is 2.00 bits per heavy atom. The van der Waals surface area contributed by atoms with Gasteiger partial charge in [0.1, 0.15) is 5.82 Å². The number of hydrogen-bond donors (Lipinski definition) is 1. The van der Waals surface area contributed by atoms with Crippen LogP contribution in [0.3, 0.4) is 0 Å². The molecular weight excluding hydrogens is 295 g/mol. The van der Waals surface area contributed by atoms with Gasteiger partial charge in [0.2, 0.25) is 10.0 Å². The Kier molecular flexibility index (Phi) is 3.84. The van der Waals surface area contributed by atoms with Gasteiger partial charge in [-0.25, -0.2) is 17.9 Å². The number of carbonyl (C=O) groups excluding carboxylic acids is 1. The molecule has 1 amide bonds. The van der Waals surface area contributed by atoms with Crippen molar-refractivity contribution < 1.29 is 17.6 Å². The highest BCUT2D eigenvalue weighted by atomic mass is 32.2.